The van der Waals surface area contributed by atoms with E-state index in [1.807, 2.05) is 18.2 Å². The lowest BCUT2D eigenvalue weighted by molar-refractivity contribution is 0.415. The predicted molar refractivity (Wildman–Crippen MR) is 86.6 cm³/mol. The van der Waals surface area contributed by atoms with Gasteiger partial charge in [-0.2, -0.15) is 15.8 Å². The van der Waals surface area contributed by atoms with Crippen molar-refractivity contribution < 1.29 is 4.74 Å². The number of allylic oxidation sites excluding steroid dienone is 2. The fraction of sp³-hybridized carbons (Fsp3) is 0.0556. The summed E-state index contributed by atoms with van der Waals surface area (Å²) in [5, 5.41) is 27.5. The highest BCUT2D eigenvalue weighted by Gasteiger charge is 2.17. The van der Waals surface area contributed by atoms with Gasteiger partial charge >= 0.3 is 0 Å². The van der Waals surface area contributed by atoms with Gasteiger partial charge in [-0.25, -0.2) is 0 Å². The first-order valence-corrected chi connectivity index (χ1v) is 6.62. The Bertz CT molecular complexity index is 880. The smallest absolute Gasteiger partial charge is 0.148 e. The molecule has 0 N–H and O–H groups in total. The highest BCUT2D eigenvalue weighted by atomic mass is 16.5. The molecule has 0 spiro atoms. The normalized spacial score (nSPS) is 9.13. The molecule has 0 aliphatic heterocycles. The van der Waals surface area contributed by atoms with Crippen molar-refractivity contribution in [3.63, 3.8) is 0 Å². The Morgan fingerprint density at radius 1 is 1.09 bits per heavy atom. The summed E-state index contributed by atoms with van der Waals surface area (Å²) in [6.07, 6.45) is 3.32. The first kappa shape index (κ1) is 15.6. The van der Waals surface area contributed by atoms with E-state index in [2.05, 4.69) is 6.58 Å². The Morgan fingerprint density at radius 2 is 1.74 bits per heavy atom. The third-order valence-corrected chi connectivity index (χ3v) is 3.33. The van der Waals surface area contributed by atoms with Gasteiger partial charge in [-0.15, -0.1) is 0 Å². The molecule has 2 aromatic rings. The van der Waals surface area contributed by atoms with Gasteiger partial charge < -0.3 is 9.30 Å². The number of benzene rings is 1. The third kappa shape index (κ3) is 2.83. The lowest BCUT2D eigenvalue weighted by Gasteiger charge is -2.09. The van der Waals surface area contributed by atoms with Crippen LogP contribution in [0, 0.1) is 34.0 Å². The predicted octanol–water partition coefficient (Wildman–Crippen LogP) is 3.59. The molecule has 5 heteroatoms. The number of nitriles is 3. The number of hydrogen-bond donors (Lipinski definition) is 0. The van der Waals surface area contributed by atoms with Gasteiger partial charge in [-0.05, 0) is 35.9 Å². The molecule has 0 saturated heterocycles. The van der Waals surface area contributed by atoms with Gasteiger partial charge in [0.05, 0.1) is 18.4 Å². The molecule has 110 valence electrons. The van der Waals surface area contributed by atoms with Gasteiger partial charge in [0, 0.05) is 18.0 Å². The maximum atomic E-state index is 9.38. The molecule has 23 heavy (non-hydrogen) atoms. The summed E-state index contributed by atoms with van der Waals surface area (Å²) < 4.78 is 6.88. The fourth-order valence-electron chi connectivity index (χ4n) is 2.24. The summed E-state index contributed by atoms with van der Waals surface area (Å²) in [5.74, 6) is 0.706. The molecule has 0 aliphatic carbocycles. The van der Waals surface area contributed by atoms with E-state index < -0.39 is 0 Å². The molecule has 1 aromatic heterocycles. The molecular formula is C18H12N4O. The fourth-order valence-corrected chi connectivity index (χ4v) is 2.24. The summed E-state index contributed by atoms with van der Waals surface area (Å²) in [6, 6.07) is 14.4. The zero-order valence-electron chi connectivity index (χ0n) is 12.4. The largest absolute Gasteiger partial charge is 0.497 e. The molecule has 0 radical (unpaired) electrons. The van der Waals surface area contributed by atoms with E-state index in [-0.39, 0.29) is 11.1 Å². The summed E-state index contributed by atoms with van der Waals surface area (Å²) in [7, 11) is 1.58. The first-order chi connectivity index (χ1) is 11.2. The van der Waals surface area contributed by atoms with Crippen LogP contribution in [0.1, 0.15) is 5.56 Å². The third-order valence-electron chi connectivity index (χ3n) is 3.33. The Morgan fingerprint density at radius 3 is 2.22 bits per heavy atom. The lowest BCUT2D eigenvalue weighted by Crippen LogP contribution is -1.94. The van der Waals surface area contributed by atoms with Gasteiger partial charge in [0.1, 0.15) is 29.5 Å². The van der Waals surface area contributed by atoms with Crippen LogP contribution >= 0.6 is 0 Å². The zero-order chi connectivity index (χ0) is 16.8. The molecule has 5 nitrogen and oxygen atoms in total. The maximum Gasteiger partial charge on any atom is 0.148 e. The number of hydrogen-bond acceptors (Lipinski definition) is 4. The van der Waals surface area contributed by atoms with E-state index in [9.17, 15) is 5.26 Å². The lowest BCUT2D eigenvalue weighted by atomic mass is 9.99. The summed E-state index contributed by atoms with van der Waals surface area (Å²) >= 11 is 0. The van der Waals surface area contributed by atoms with Gasteiger partial charge in [0.15, 0.2) is 0 Å². The van der Waals surface area contributed by atoms with Crippen molar-refractivity contribution in [3.8, 4) is 35.2 Å². The molecule has 1 heterocycles. The second kappa shape index (κ2) is 6.80. The maximum absolute atomic E-state index is 9.38. The van der Waals surface area contributed by atoms with Crippen molar-refractivity contribution >= 4 is 11.8 Å². The summed E-state index contributed by atoms with van der Waals surface area (Å²) in [6.45, 7) is 3.74. The van der Waals surface area contributed by atoms with Crippen LogP contribution < -0.4 is 4.74 Å². The van der Waals surface area contributed by atoms with Crippen LogP contribution in [-0.2, 0) is 0 Å². The van der Waals surface area contributed by atoms with E-state index in [1.54, 1.807) is 54.4 Å². The second-order valence-electron chi connectivity index (χ2n) is 4.48. The van der Waals surface area contributed by atoms with Crippen molar-refractivity contribution in [1.82, 2.24) is 4.57 Å². The summed E-state index contributed by atoms with van der Waals surface area (Å²) in [4.78, 5) is 0. The number of ether oxygens (including phenoxy) is 1. The van der Waals surface area contributed by atoms with E-state index >= 15 is 0 Å². The number of nitrogens with zero attached hydrogens (tertiary/aromatic N) is 4. The van der Waals surface area contributed by atoms with Crippen LogP contribution in [0.5, 0.6) is 5.75 Å². The van der Waals surface area contributed by atoms with E-state index in [4.69, 9.17) is 15.3 Å². The van der Waals surface area contributed by atoms with E-state index in [0.717, 1.165) is 5.56 Å². The number of aromatic nitrogens is 1. The average molecular weight is 300 g/mol. The molecule has 0 aliphatic rings. The Kier molecular flexibility index (Phi) is 4.63. The number of rotatable bonds is 4. The molecule has 0 atom stereocenters. The van der Waals surface area contributed by atoms with E-state index in [0.29, 0.717) is 17.0 Å². The Balaban J connectivity index is 2.74. The highest BCUT2D eigenvalue weighted by molar-refractivity contribution is 5.91. The second-order valence-corrected chi connectivity index (χ2v) is 4.48. The Hall–Kier alpha value is -3.75. The van der Waals surface area contributed by atoms with Gasteiger partial charge in [0.2, 0.25) is 0 Å². The molecule has 0 fully saturated rings. The highest BCUT2D eigenvalue weighted by Crippen LogP contribution is 2.32. The zero-order valence-corrected chi connectivity index (χ0v) is 12.4. The molecule has 0 saturated carbocycles. The van der Waals surface area contributed by atoms with Crippen molar-refractivity contribution in [2.24, 2.45) is 0 Å². The van der Waals surface area contributed by atoms with Crippen molar-refractivity contribution in [1.29, 1.82) is 15.8 Å². The van der Waals surface area contributed by atoms with Crippen molar-refractivity contribution in [3.05, 3.63) is 54.2 Å². The van der Waals surface area contributed by atoms with E-state index in [1.165, 1.54) is 0 Å². The average Bonchev–Trinajstić information content (AvgIpc) is 3.03. The van der Waals surface area contributed by atoms with Crippen LogP contribution in [0.2, 0.25) is 0 Å². The molecule has 0 unspecified atom stereocenters. The minimum Gasteiger partial charge on any atom is -0.497 e. The molecule has 0 bridgehead atoms. The summed E-state index contributed by atoms with van der Waals surface area (Å²) in [5.41, 5.74) is 1.83. The first-order valence-electron chi connectivity index (χ1n) is 6.62. The standard InChI is InChI=1S/C18H12N4O/c1-3-22-9-8-16(17(12-21)14(10-19)11-20)18(22)13-4-6-15(23-2)7-5-13/h3-9H,1H2,2H3. The van der Waals surface area contributed by atoms with Crippen LogP contribution in [-0.4, -0.2) is 11.7 Å². The van der Waals surface area contributed by atoms with Crippen molar-refractivity contribution in [2.45, 2.75) is 0 Å². The minimum atomic E-state index is -0.218. The topological polar surface area (TPSA) is 85.5 Å². The Labute approximate surface area is 134 Å². The molecular weight excluding hydrogens is 288 g/mol. The van der Waals surface area contributed by atoms with Crippen LogP contribution in [0.3, 0.4) is 0 Å². The van der Waals surface area contributed by atoms with Gasteiger partial charge in [0.25, 0.3) is 0 Å². The van der Waals surface area contributed by atoms with Crippen molar-refractivity contribution in [2.75, 3.05) is 7.11 Å². The quantitative estimate of drug-likeness (QED) is 0.807. The van der Waals surface area contributed by atoms with Crippen LogP contribution in [0.15, 0.2) is 48.7 Å². The molecule has 1 aromatic carbocycles. The number of methoxy groups -OCH3 is 1. The van der Waals surface area contributed by atoms with Gasteiger partial charge in [-0.3, -0.25) is 0 Å². The molecule has 2 rings (SSSR count). The van der Waals surface area contributed by atoms with Crippen LogP contribution in [0.25, 0.3) is 23.0 Å². The molecule has 0 amide bonds. The SMILES string of the molecule is C=Cn1ccc(C(C#N)=C(C#N)C#N)c1-c1ccc(OC)cc1. The monoisotopic (exact) mass is 300 g/mol. The van der Waals surface area contributed by atoms with Crippen LogP contribution in [0.4, 0.5) is 0 Å². The minimum absolute atomic E-state index is 0.0430. The van der Waals surface area contributed by atoms with Gasteiger partial charge in [-0.1, -0.05) is 6.58 Å².